The first-order chi connectivity index (χ1) is 9.63. The van der Waals surface area contributed by atoms with Crippen LogP contribution in [0.25, 0.3) is 0 Å². The van der Waals surface area contributed by atoms with E-state index < -0.39 is 0 Å². The molecule has 0 aliphatic carbocycles. The minimum absolute atomic E-state index is 0.428. The second kappa shape index (κ2) is 6.78. The maximum Gasteiger partial charge on any atom is 0.133 e. The SMILES string of the molecule is CCC(C)c1ccc(Oc2cc(Cl)ccc2CN)cc1. The van der Waals surface area contributed by atoms with Gasteiger partial charge in [-0.2, -0.15) is 0 Å². The van der Waals surface area contributed by atoms with Gasteiger partial charge in [0.1, 0.15) is 11.5 Å². The summed E-state index contributed by atoms with van der Waals surface area (Å²) in [6.45, 7) is 4.84. The third-order valence-electron chi connectivity index (χ3n) is 3.54. The van der Waals surface area contributed by atoms with Crippen LogP contribution in [-0.2, 0) is 6.54 Å². The van der Waals surface area contributed by atoms with E-state index in [9.17, 15) is 0 Å². The van der Waals surface area contributed by atoms with E-state index in [4.69, 9.17) is 22.1 Å². The molecule has 0 saturated carbocycles. The lowest BCUT2D eigenvalue weighted by Crippen LogP contribution is -1.99. The molecule has 0 aliphatic rings. The molecule has 0 heterocycles. The highest BCUT2D eigenvalue weighted by molar-refractivity contribution is 6.30. The van der Waals surface area contributed by atoms with Gasteiger partial charge >= 0.3 is 0 Å². The van der Waals surface area contributed by atoms with Crippen LogP contribution in [0, 0.1) is 0 Å². The van der Waals surface area contributed by atoms with Gasteiger partial charge in [-0.3, -0.25) is 0 Å². The van der Waals surface area contributed by atoms with Crippen LogP contribution in [0.2, 0.25) is 5.02 Å². The quantitative estimate of drug-likeness (QED) is 0.830. The topological polar surface area (TPSA) is 35.2 Å². The summed E-state index contributed by atoms with van der Waals surface area (Å²) in [4.78, 5) is 0. The van der Waals surface area contributed by atoms with Crippen molar-refractivity contribution in [2.45, 2.75) is 32.7 Å². The van der Waals surface area contributed by atoms with Crippen LogP contribution < -0.4 is 10.5 Å². The number of halogens is 1. The van der Waals surface area contributed by atoms with E-state index in [1.54, 1.807) is 6.07 Å². The first kappa shape index (κ1) is 14.9. The Balaban J connectivity index is 2.20. The van der Waals surface area contributed by atoms with E-state index in [1.807, 2.05) is 24.3 Å². The van der Waals surface area contributed by atoms with Crippen LogP contribution in [0.5, 0.6) is 11.5 Å². The number of nitrogens with two attached hydrogens (primary N) is 1. The van der Waals surface area contributed by atoms with Gasteiger partial charge in [0.15, 0.2) is 0 Å². The van der Waals surface area contributed by atoms with Gasteiger partial charge in [0.05, 0.1) is 0 Å². The fourth-order valence-electron chi connectivity index (χ4n) is 2.02. The molecule has 20 heavy (non-hydrogen) atoms. The van der Waals surface area contributed by atoms with Gasteiger partial charge in [0, 0.05) is 17.1 Å². The van der Waals surface area contributed by atoms with E-state index in [1.165, 1.54) is 5.56 Å². The lowest BCUT2D eigenvalue weighted by Gasteiger charge is -2.12. The van der Waals surface area contributed by atoms with Gasteiger partial charge < -0.3 is 10.5 Å². The van der Waals surface area contributed by atoms with Crippen molar-refractivity contribution < 1.29 is 4.74 Å². The summed E-state index contributed by atoms with van der Waals surface area (Å²) in [6.07, 6.45) is 1.13. The fraction of sp³-hybridized carbons (Fsp3) is 0.294. The molecule has 106 valence electrons. The predicted molar refractivity (Wildman–Crippen MR) is 84.6 cm³/mol. The Morgan fingerprint density at radius 1 is 1.15 bits per heavy atom. The first-order valence-electron chi connectivity index (χ1n) is 6.90. The molecule has 0 radical (unpaired) electrons. The summed E-state index contributed by atoms with van der Waals surface area (Å²) >= 11 is 6.00. The van der Waals surface area contributed by atoms with Gasteiger partial charge in [-0.25, -0.2) is 0 Å². The zero-order chi connectivity index (χ0) is 14.5. The number of hydrogen-bond donors (Lipinski definition) is 1. The van der Waals surface area contributed by atoms with E-state index in [-0.39, 0.29) is 0 Å². The third-order valence-corrected chi connectivity index (χ3v) is 3.77. The molecule has 3 heteroatoms. The van der Waals surface area contributed by atoms with Crippen molar-refractivity contribution in [2.75, 3.05) is 0 Å². The molecule has 0 aliphatic heterocycles. The van der Waals surface area contributed by atoms with Crippen molar-refractivity contribution in [3.63, 3.8) is 0 Å². The van der Waals surface area contributed by atoms with E-state index in [0.717, 1.165) is 23.5 Å². The molecule has 1 atom stereocenters. The molecule has 0 aromatic heterocycles. The van der Waals surface area contributed by atoms with Gasteiger partial charge in [-0.1, -0.05) is 43.6 Å². The molecule has 2 aromatic rings. The first-order valence-corrected chi connectivity index (χ1v) is 7.28. The minimum Gasteiger partial charge on any atom is -0.457 e. The van der Waals surface area contributed by atoms with Crippen molar-refractivity contribution in [3.8, 4) is 11.5 Å². The monoisotopic (exact) mass is 289 g/mol. The summed E-state index contributed by atoms with van der Waals surface area (Å²) < 4.78 is 5.89. The van der Waals surface area contributed by atoms with Crippen LogP contribution in [0.15, 0.2) is 42.5 Å². The van der Waals surface area contributed by atoms with Crippen molar-refractivity contribution in [1.82, 2.24) is 0 Å². The average molecular weight is 290 g/mol. The number of benzene rings is 2. The van der Waals surface area contributed by atoms with Crippen molar-refractivity contribution in [1.29, 1.82) is 0 Å². The highest BCUT2D eigenvalue weighted by atomic mass is 35.5. The summed E-state index contributed by atoms with van der Waals surface area (Å²) in [5.74, 6) is 2.08. The van der Waals surface area contributed by atoms with Gasteiger partial charge in [0.2, 0.25) is 0 Å². The standard InChI is InChI=1S/C17H20ClNO/c1-3-12(2)13-5-8-16(9-6-13)20-17-10-15(18)7-4-14(17)11-19/h4-10,12H,3,11,19H2,1-2H3. The number of ether oxygens (including phenoxy) is 1. The Hall–Kier alpha value is -1.51. The highest BCUT2D eigenvalue weighted by Gasteiger charge is 2.06. The van der Waals surface area contributed by atoms with Crippen LogP contribution in [0.4, 0.5) is 0 Å². The van der Waals surface area contributed by atoms with Crippen LogP contribution in [0.1, 0.15) is 37.3 Å². The van der Waals surface area contributed by atoms with Crippen molar-refractivity contribution in [2.24, 2.45) is 5.73 Å². The zero-order valence-electron chi connectivity index (χ0n) is 11.9. The van der Waals surface area contributed by atoms with Gasteiger partial charge in [-0.15, -0.1) is 0 Å². The molecular formula is C17H20ClNO. The molecule has 0 amide bonds. The Morgan fingerprint density at radius 3 is 2.45 bits per heavy atom. The molecule has 0 saturated heterocycles. The second-order valence-electron chi connectivity index (χ2n) is 4.94. The minimum atomic E-state index is 0.428. The zero-order valence-corrected chi connectivity index (χ0v) is 12.7. The molecule has 2 N–H and O–H groups in total. The Kier molecular flexibility index (Phi) is 5.05. The molecule has 2 rings (SSSR count). The molecule has 1 unspecified atom stereocenters. The Bertz CT molecular complexity index is 566. The van der Waals surface area contributed by atoms with Crippen LogP contribution >= 0.6 is 11.6 Å². The third kappa shape index (κ3) is 3.53. The average Bonchev–Trinajstić information content (AvgIpc) is 2.47. The van der Waals surface area contributed by atoms with Crippen LogP contribution in [-0.4, -0.2) is 0 Å². The maximum absolute atomic E-state index is 6.00. The van der Waals surface area contributed by atoms with Crippen molar-refractivity contribution in [3.05, 3.63) is 58.6 Å². The smallest absolute Gasteiger partial charge is 0.133 e. The molecule has 0 fully saturated rings. The Labute approximate surface area is 125 Å². The number of rotatable bonds is 5. The van der Waals surface area contributed by atoms with Crippen LogP contribution in [0.3, 0.4) is 0 Å². The van der Waals surface area contributed by atoms with Crippen molar-refractivity contribution >= 4 is 11.6 Å². The lowest BCUT2D eigenvalue weighted by atomic mass is 9.99. The van der Waals surface area contributed by atoms with E-state index in [2.05, 4.69) is 26.0 Å². The molecule has 2 aromatic carbocycles. The summed E-state index contributed by atoms with van der Waals surface area (Å²) in [6, 6.07) is 13.7. The summed E-state index contributed by atoms with van der Waals surface area (Å²) in [7, 11) is 0. The van der Waals surface area contributed by atoms with E-state index in [0.29, 0.717) is 17.5 Å². The van der Waals surface area contributed by atoms with E-state index >= 15 is 0 Å². The maximum atomic E-state index is 6.00. The molecule has 0 bridgehead atoms. The largest absolute Gasteiger partial charge is 0.457 e. The van der Waals surface area contributed by atoms with Gasteiger partial charge in [-0.05, 0) is 42.2 Å². The highest BCUT2D eigenvalue weighted by Crippen LogP contribution is 2.29. The lowest BCUT2D eigenvalue weighted by molar-refractivity contribution is 0.476. The second-order valence-corrected chi connectivity index (χ2v) is 5.37. The number of hydrogen-bond acceptors (Lipinski definition) is 2. The molecular weight excluding hydrogens is 270 g/mol. The Morgan fingerprint density at radius 2 is 1.85 bits per heavy atom. The fourth-order valence-corrected chi connectivity index (χ4v) is 2.18. The molecule has 0 spiro atoms. The van der Waals surface area contributed by atoms with Gasteiger partial charge in [0.25, 0.3) is 0 Å². The normalized spacial score (nSPS) is 12.2. The predicted octanol–water partition coefficient (Wildman–Crippen LogP) is 5.10. The summed E-state index contributed by atoms with van der Waals surface area (Å²) in [5.41, 5.74) is 7.98. The molecule has 2 nitrogen and oxygen atoms in total. The summed E-state index contributed by atoms with van der Waals surface area (Å²) in [5, 5.41) is 0.647.